The molecular weight excluding hydrogens is 310 g/mol. The molecule has 0 atom stereocenters. The van der Waals surface area contributed by atoms with Crippen LogP contribution in [0.4, 0.5) is 5.69 Å². The van der Waals surface area contributed by atoms with E-state index in [0.29, 0.717) is 43.2 Å². The number of ether oxygens (including phenoxy) is 1. The van der Waals surface area contributed by atoms with Crippen molar-refractivity contribution in [1.29, 1.82) is 0 Å². The minimum Gasteiger partial charge on any atom is -0.478 e. The van der Waals surface area contributed by atoms with Crippen molar-refractivity contribution in [1.82, 2.24) is 9.55 Å². The van der Waals surface area contributed by atoms with Gasteiger partial charge in [0.25, 0.3) is 5.56 Å². The maximum absolute atomic E-state index is 12.5. The highest BCUT2D eigenvalue weighted by molar-refractivity contribution is 5.89. The molecule has 1 saturated heterocycles. The summed E-state index contributed by atoms with van der Waals surface area (Å²) in [6.07, 6.45) is 3.05. The quantitative estimate of drug-likeness (QED) is 0.913. The van der Waals surface area contributed by atoms with Crippen LogP contribution in [-0.2, 0) is 11.8 Å². The predicted octanol–water partition coefficient (Wildman–Crippen LogP) is 1.29. The molecule has 0 amide bonds. The summed E-state index contributed by atoms with van der Waals surface area (Å²) in [5.41, 5.74) is 2.83. The lowest BCUT2D eigenvalue weighted by Gasteiger charge is -2.28. The molecule has 1 aliphatic heterocycles. The first-order valence-corrected chi connectivity index (χ1v) is 7.71. The number of pyridine rings is 2. The third-order valence-corrected chi connectivity index (χ3v) is 4.16. The van der Waals surface area contributed by atoms with E-state index in [1.807, 2.05) is 17.9 Å². The van der Waals surface area contributed by atoms with Gasteiger partial charge in [-0.2, -0.15) is 0 Å². The number of hydrogen-bond donors (Lipinski definition) is 1. The SMILES string of the molecule is Cc1ncc(C(=O)O)cc1-c1cc(N2CCOCC2)c(=O)n(C)c1. The van der Waals surface area contributed by atoms with E-state index in [0.717, 1.165) is 5.56 Å². The molecule has 24 heavy (non-hydrogen) atoms. The fourth-order valence-corrected chi connectivity index (χ4v) is 2.81. The predicted molar refractivity (Wildman–Crippen MR) is 89.6 cm³/mol. The Morgan fingerprint density at radius 1 is 1.29 bits per heavy atom. The molecule has 0 aromatic carbocycles. The Kier molecular flexibility index (Phi) is 4.35. The number of carboxylic acid groups (broad SMARTS) is 1. The van der Waals surface area contributed by atoms with Crippen LogP contribution in [-0.4, -0.2) is 46.9 Å². The number of aromatic carboxylic acids is 1. The van der Waals surface area contributed by atoms with Crippen molar-refractivity contribution in [3.63, 3.8) is 0 Å². The van der Waals surface area contributed by atoms with Gasteiger partial charge in [0, 0.05) is 49.4 Å². The summed E-state index contributed by atoms with van der Waals surface area (Å²) in [7, 11) is 1.69. The maximum atomic E-state index is 12.5. The first kappa shape index (κ1) is 16.2. The number of morpholine rings is 1. The van der Waals surface area contributed by atoms with Crippen LogP contribution in [0.1, 0.15) is 16.1 Å². The summed E-state index contributed by atoms with van der Waals surface area (Å²) < 4.78 is 6.86. The molecule has 2 aromatic heterocycles. The molecule has 0 saturated carbocycles. The molecule has 0 bridgehead atoms. The Bertz CT molecular complexity index is 838. The van der Waals surface area contributed by atoms with Gasteiger partial charge in [0.1, 0.15) is 5.69 Å². The van der Waals surface area contributed by atoms with Crippen molar-refractivity contribution in [2.45, 2.75) is 6.92 Å². The highest BCUT2D eigenvalue weighted by Gasteiger charge is 2.18. The molecule has 1 aliphatic rings. The Morgan fingerprint density at radius 3 is 2.67 bits per heavy atom. The number of nitrogens with zero attached hydrogens (tertiary/aromatic N) is 3. The number of carbonyl (C=O) groups is 1. The third-order valence-electron chi connectivity index (χ3n) is 4.16. The van der Waals surface area contributed by atoms with Gasteiger partial charge < -0.3 is 19.3 Å². The summed E-state index contributed by atoms with van der Waals surface area (Å²) in [4.78, 5) is 29.9. The average Bonchev–Trinajstić information content (AvgIpc) is 2.58. The molecular formula is C17H19N3O4. The van der Waals surface area contributed by atoms with E-state index in [1.165, 1.54) is 10.8 Å². The van der Waals surface area contributed by atoms with E-state index in [1.54, 1.807) is 19.3 Å². The minimum absolute atomic E-state index is 0.0827. The topological polar surface area (TPSA) is 84.7 Å². The van der Waals surface area contributed by atoms with Crippen LogP contribution in [0.25, 0.3) is 11.1 Å². The Balaban J connectivity index is 2.12. The van der Waals surface area contributed by atoms with E-state index in [9.17, 15) is 14.7 Å². The van der Waals surface area contributed by atoms with E-state index in [-0.39, 0.29) is 11.1 Å². The van der Waals surface area contributed by atoms with E-state index in [2.05, 4.69) is 4.98 Å². The zero-order chi connectivity index (χ0) is 17.3. The lowest BCUT2D eigenvalue weighted by atomic mass is 10.0. The third kappa shape index (κ3) is 3.03. The van der Waals surface area contributed by atoms with E-state index < -0.39 is 5.97 Å². The average molecular weight is 329 g/mol. The van der Waals surface area contributed by atoms with Gasteiger partial charge >= 0.3 is 5.97 Å². The molecule has 126 valence electrons. The van der Waals surface area contributed by atoms with Gasteiger partial charge in [0.05, 0.1) is 18.8 Å². The highest BCUT2D eigenvalue weighted by atomic mass is 16.5. The lowest BCUT2D eigenvalue weighted by Crippen LogP contribution is -2.40. The standard InChI is InChI=1S/C17H19N3O4/c1-11-14(7-12(9-18-11)17(22)23)13-8-15(16(21)19(2)10-13)20-3-5-24-6-4-20/h7-10H,3-6H2,1-2H3,(H,22,23). The van der Waals surface area contributed by atoms with Crippen LogP contribution in [0.2, 0.25) is 0 Å². The van der Waals surface area contributed by atoms with Crippen molar-refractivity contribution < 1.29 is 14.6 Å². The zero-order valence-electron chi connectivity index (χ0n) is 13.7. The van der Waals surface area contributed by atoms with Gasteiger partial charge in [0.2, 0.25) is 0 Å². The van der Waals surface area contributed by atoms with Crippen molar-refractivity contribution in [2.75, 3.05) is 31.2 Å². The summed E-state index contributed by atoms with van der Waals surface area (Å²) in [5, 5.41) is 9.19. The van der Waals surface area contributed by atoms with Crippen molar-refractivity contribution in [3.05, 3.63) is 46.1 Å². The number of aryl methyl sites for hydroxylation is 2. The van der Waals surface area contributed by atoms with Crippen LogP contribution in [0.3, 0.4) is 0 Å². The summed E-state index contributed by atoms with van der Waals surface area (Å²) >= 11 is 0. The van der Waals surface area contributed by atoms with Crippen molar-refractivity contribution in [2.24, 2.45) is 7.05 Å². The molecule has 3 rings (SSSR count). The first-order chi connectivity index (χ1) is 11.5. The van der Waals surface area contributed by atoms with Gasteiger partial charge in [-0.15, -0.1) is 0 Å². The second-order valence-corrected chi connectivity index (χ2v) is 5.79. The molecule has 7 nitrogen and oxygen atoms in total. The van der Waals surface area contributed by atoms with E-state index in [4.69, 9.17) is 4.74 Å². The lowest BCUT2D eigenvalue weighted by molar-refractivity contribution is 0.0696. The van der Waals surface area contributed by atoms with Crippen molar-refractivity contribution >= 4 is 11.7 Å². The van der Waals surface area contributed by atoms with Gasteiger partial charge in [-0.25, -0.2) is 4.79 Å². The number of anilines is 1. The molecule has 0 spiro atoms. The largest absolute Gasteiger partial charge is 0.478 e. The van der Waals surface area contributed by atoms with Gasteiger partial charge in [-0.05, 0) is 19.1 Å². The normalized spacial score (nSPS) is 14.7. The second-order valence-electron chi connectivity index (χ2n) is 5.79. The van der Waals surface area contributed by atoms with Crippen molar-refractivity contribution in [3.8, 4) is 11.1 Å². The number of carboxylic acids is 1. The minimum atomic E-state index is -1.03. The zero-order valence-corrected chi connectivity index (χ0v) is 13.7. The smallest absolute Gasteiger partial charge is 0.337 e. The molecule has 1 fully saturated rings. The van der Waals surface area contributed by atoms with Crippen LogP contribution in [0.5, 0.6) is 0 Å². The second kappa shape index (κ2) is 6.45. The highest BCUT2D eigenvalue weighted by Crippen LogP contribution is 2.25. The number of rotatable bonds is 3. The van der Waals surface area contributed by atoms with Crippen LogP contribution in [0.15, 0.2) is 29.3 Å². The van der Waals surface area contributed by atoms with Gasteiger partial charge in [0.15, 0.2) is 0 Å². The molecule has 3 heterocycles. The first-order valence-electron chi connectivity index (χ1n) is 7.71. The van der Waals surface area contributed by atoms with Crippen LogP contribution >= 0.6 is 0 Å². The molecule has 7 heteroatoms. The van der Waals surface area contributed by atoms with Gasteiger partial charge in [-0.1, -0.05) is 0 Å². The number of hydrogen-bond acceptors (Lipinski definition) is 5. The fraction of sp³-hybridized carbons (Fsp3) is 0.353. The van der Waals surface area contributed by atoms with Crippen LogP contribution in [0, 0.1) is 6.92 Å². The number of aromatic nitrogens is 2. The van der Waals surface area contributed by atoms with Crippen LogP contribution < -0.4 is 10.5 Å². The van der Waals surface area contributed by atoms with Gasteiger partial charge in [-0.3, -0.25) is 9.78 Å². The summed E-state index contributed by atoms with van der Waals surface area (Å²) in [5.74, 6) is -1.03. The monoisotopic (exact) mass is 329 g/mol. The Labute approximate surface area is 139 Å². The molecule has 1 N–H and O–H groups in total. The van der Waals surface area contributed by atoms with E-state index >= 15 is 0 Å². The Hall–Kier alpha value is -2.67. The summed E-state index contributed by atoms with van der Waals surface area (Å²) in [6.45, 7) is 4.31. The Morgan fingerprint density at radius 2 is 2.00 bits per heavy atom. The molecule has 2 aromatic rings. The molecule has 0 aliphatic carbocycles. The molecule has 0 unspecified atom stereocenters. The maximum Gasteiger partial charge on any atom is 0.337 e. The fourth-order valence-electron chi connectivity index (χ4n) is 2.81. The molecule has 0 radical (unpaired) electrons. The summed E-state index contributed by atoms with van der Waals surface area (Å²) in [6, 6.07) is 3.40.